The molecule has 0 saturated carbocycles. The normalized spacial score (nSPS) is 20.8. The predicted octanol–water partition coefficient (Wildman–Crippen LogP) is 3.03. The first kappa shape index (κ1) is 16.6. The van der Waals surface area contributed by atoms with Crippen LogP contribution >= 0.6 is 36.4 Å². The van der Waals surface area contributed by atoms with E-state index in [4.69, 9.17) is 32.3 Å². The molecule has 0 aromatic heterocycles. The molecule has 0 fully saturated rings. The van der Waals surface area contributed by atoms with E-state index in [-0.39, 0.29) is 6.42 Å². The van der Waals surface area contributed by atoms with Gasteiger partial charge < -0.3 is 9.79 Å². The van der Waals surface area contributed by atoms with E-state index in [9.17, 15) is 9.13 Å². The molecular formula is C6H12Cl2O6P2. The van der Waals surface area contributed by atoms with Gasteiger partial charge in [-0.1, -0.05) is 5.57 Å². The minimum Gasteiger partial charge on any atom is -0.313 e. The molecule has 0 rings (SSSR count). The molecule has 96 valence electrons. The van der Waals surface area contributed by atoms with Crippen LogP contribution in [0, 0.1) is 0 Å². The van der Waals surface area contributed by atoms with Crippen molar-refractivity contribution in [1.82, 2.24) is 0 Å². The SMILES string of the molecule is C=C(C)CC(COP(=O)(O)Cl)OP(=O)(O)Cl. The molecule has 3 atom stereocenters. The molecule has 0 aliphatic heterocycles. The summed E-state index contributed by atoms with van der Waals surface area (Å²) < 4.78 is 30.3. The molecular weight excluding hydrogens is 301 g/mol. The summed E-state index contributed by atoms with van der Waals surface area (Å²) in [5.74, 6) is 0. The molecule has 6 nitrogen and oxygen atoms in total. The van der Waals surface area contributed by atoms with Crippen LogP contribution in [0.3, 0.4) is 0 Å². The second-order valence-corrected chi connectivity index (χ2v) is 7.93. The highest BCUT2D eigenvalue weighted by Crippen LogP contribution is 2.51. The molecule has 0 aromatic carbocycles. The first-order valence-electron chi connectivity index (χ1n) is 4.02. The highest BCUT2D eigenvalue weighted by atomic mass is 35.7. The molecule has 0 bridgehead atoms. The fraction of sp³-hybridized carbons (Fsp3) is 0.667. The first-order valence-corrected chi connectivity index (χ1v) is 8.98. The Hall–Kier alpha value is 0.620. The Labute approximate surface area is 103 Å². The minimum absolute atomic E-state index is 0.147. The van der Waals surface area contributed by atoms with Crippen LogP contribution in [0.5, 0.6) is 0 Å². The summed E-state index contributed by atoms with van der Waals surface area (Å²) in [6, 6.07) is 0. The smallest absolute Gasteiger partial charge is 0.313 e. The molecule has 3 unspecified atom stereocenters. The topological polar surface area (TPSA) is 93.1 Å². The van der Waals surface area contributed by atoms with Crippen LogP contribution in [-0.2, 0) is 18.2 Å². The van der Waals surface area contributed by atoms with Gasteiger partial charge in [-0.05, 0) is 13.3 Å². The van der Waals surface area contributed by atoms with Gasteiger partial charge in [0.1, 0.15) is 0 Å². The molecule has 0 aliphatic carbocycles. The maximum absolute atomic E-state index is 10.8. The van der Waals surface area contributed by atoms with Crippen LogP contribution in [0.1, 0.15) is 13.3 Å². The molecule has 2 N–H and O–H groups in total. The monoisotopic (exact) mass is 312 g/mol. The van der Waals surface area contributed by atoms with Gasteiger partial charge in [-0.15, -0.1) is 6.58 Å². The molecule has 0 aromatic rings. The largest absolute Gasteiger partial charge is 0.422 e. The number of hydrogen-bond donors (Lipinski definition) is 2. The summed E-state index contributed by atoms with van der Waals surface area (Å²) in [4.78, 5) is 17.4. The van der Waals surface area contributed by atoms with Crippen LogP contribution in [0.2, 0.25) is 0 Å². The Kier molecular flexibility index (Phi) is 6.78. The summed E-state index contributed by atoms with van der Waals surface area (Å²) in [5, 5.41) is 0. The number of halogens is 2. The van der Waals surface area contributed by atoms with Crippen molar-refractivity contribution in [3.8, 4) is 0 Å². The van der Waals surface area contributed by atoms with Crippen molar-refractivity contribution in [1.29, 1.82) is 0 Å². The quantitative estimate of drug-likeness (QED) is 0.554. The van der Waals surface area contributed by atoms with Gasteiger partial charge in [-0.2, -0.15) is 0 Å². The molecule has 0 amide bonds. The zero-order valence-electron chi connectivity index (χ0n) is 8.38. The summed E-state index contributed by atoms with van der Waals surface area (Å²) in [7, 11) is 0. The Morgan fingerprint density at radius 2 is 1.88 bits per heavy atom. The van der Waals surface area contributed by atoms with E-state index in [1.165, 1.54) is 0 Å². The molecule has 0 saturated heterocycles. The minimum atomic E-state index is -4.22. The summed E-state index contributed by atoms with van der Waals surface area (Å²) >= 11 is 9.93. The fourth-order valence-corrected chi connectivity index (χ4v) is 2.23. The van der Waals surface area contributed by atoms with Gasteiger partial charge in [0.2, 0.25) is 0 Å². The molecule has 0 spiro atoms. The van der Waals surface area contributed by atoms with Gasteiger partial charge in [0.05, 0.1) is 12.7 Å². The molecule has 0 radical (unpaired) electrons. The van der Waals surface area contributed by atoms with Gasteiger partial charge in [-0.3, -0.25) is 9.05 Å². The number of hydrogen-bond acceptors (Lipinski definition) is 4. The van der Waals surface area contributed by atoms with E-state index in [1.54, 1.807) is 6.92 Å². The van der Waals surface area contributed by atoms with E-state index >= 15 is 0 Å². The van der Waals surface area contributed by atoms with E-state index in [0.29, 0.717) is 5.57 Å². The standard InChI is InChI=1S/C6H12Cl2O6P2/c1-5(2)3-6(14-16(8,11)12)4-13-15(7,9)10/h6H,1,3-4H2,2H3,(H,9,10)(H,11,12). The van der Waals surface area contributed by atoms with Gasteiger partial charge in [-0.25, -0.2) is 9.13 Å². The van der Waals surface area contributed by atoms with E-state index in [1.807, 2.05) is 0 Å². The third-order valence-corrected chi connectivity index (χ3v) is 2.83. The van der Waals surface area contributed by atoms with Crippen molar-refractivity contribution in [2.24, 2.45) is 0 Å². The Morgan fingerprint density at radius 1 is 1.38 bits per heavy atom. The summed E-state index contributed by atoms with van der Waals surface area (Å²) in [5.41, 5.74) is 0.626. The highest BCUT2D eigenvalue weighted by Gasteiger charge is 2.25. The second-order valence-electron chi connectivity index (χ2n) is 3.09. The van der Waals surface area contributed by atoms with Gasteiger partial charge in [0.15, 0.2) is 0 Å². The fourth-order valence-electron chi connectivity index (χ4n) is 0.874. The van der Waals surface area contributed by atoms with Crippen LogP contribution in [0.25, 0.3) is 0 Å². The van der Waals surface area contributed by atoms with Crippen LogP contribution < -0.4 is 0 Å². The van der Waals surface area contributed by atoms with Crippen molar-refractivity contribution < 1.29 is 28.0 Å². The highest BCUT2D eigenvalue weighted by molar-refractivity contribution is 7.80. The first-order chi connectivity index (χ1) is 6.99. The van der Waals surface area contributed by atoms with Crippen LogP contribution in [-0.4, -0.2) is 22.5 Å². The van der Waals surface area contributed by atoms with Gasteiger partial charge in [0, 0.05) is 22.5 Å². The maximum atomic E-state index is 10.8. The van der Waals surface area contributed by atoms with Crippen molar-refractivity contribution >= 4 is 36.4 Å². The van der Waals surface area contributed by atoms with E-state index in [0.717, 1.165) is 0 Å². The van der Waals surface area contributed by atoms with Gasteiger partial charge in [0.25, 0.3) is 0 Å². The van der Waals surface area contributed by atoms with Crippen molar-refractivity contribution in [3.63, 3.8) is 0 Å². The van der Waals surface area contributed by atoms with Crippen LogP contribution in [0.15, 0.2) is 12.2 Å². The van der Waals surface area contributed by atoms with Crippen molar-refractivity contribution in [3.05, 3.63) is 12.2 Å². The predicted molar refractivity (Wildman–Crippen MR) is 61.6 cm³/mol. The molecule has 16 heavy (non-hydrogen) atoms. The van der Waals surface area contributed by atoms with Crippen LogP contribution in [0.4, 0.5) is 0 Å². The lowest BCUT2D eigenvalue weighted by Gasteiger charge is -2.18. The average Bonchev–Trinajstić information content (AvgIpc) is 1.94. The summed E-state index contributed by atoms with van der Waals surface area (Å²) in [6.07, 6.45) is -0.821. The van der Waals surface area contributed by atoms with E-state index in [2.05, 4.69) is 15.6 Å². The Morgan fingerprint density at radius 3 is 2.19 bits per heavy atom. The number of rotatable bonds is 7. The van der Waals surface area contributed by atoms with Gasteiger partial charge >= 0.3 is 13.9 Å². The Balaban J connectivity index is 4.38. The second kappa shape index (κ2) is 6.53. The third kappa shape index (κ3) is 11.1. The molecule has 0 aliphatic rings. The maximum Gasteiger partial charge on any atom is 0.422 e. The van der Waals surface area contributed by atoms with E-state index < -0.39 is 26.6 Å². The zero-order valence-corrected chi connectivity index (χ0v) is 11.7. The lowest BCUT2D eigenvalue weighted by Crippen LogP contribution is -2.17. The Bertz CT molecular complexity index is 334. The lowest BCUT2D eigenvalue weighted by molar-refractivity contribution is 0.115. The van der Waals surface area contributed by atoms with Crippen molar-refractivity contribution in [2.45, 2.75) is 19.4 Å². The third-order valence-electron chi connectivity index (χ3n) is 1.27. The summed E-state index contributed by atoms with van der Waals surface area (Å²) in [6.45, 7) is -3.65. The average molecular weight is 313 g/mol. The molecule has 0 heterocycles. The molecule has 10 heteroatoms. The zero-order chi connectivity index (χ0) is 13.0. The van der Waals surface area contributed by atoms with Crippen molar-refractivity contribution in [2.75, 3.05) is 6.61 Å². The lowest BCUT2D eigenvalue weighted by atomic mass is 10.2.